The van der Waals surface area contributed by atoms with E-state index in [1.54, 1.807) is 11.3 Å². The normalized spacial score (nSPS) is 19.2. The van der Waals surface area contributed by atoms with E-state index in [0.717, 1.165) is 23.1 Å². The van der Waals surface area contributed by atoms with Crippen LogP contribution < -0.4 is 10.1 Å². The Morgan fingerprint density at radius 3 is 3.15 bits per heavy atom. The highest BCUT2D eigenvalue weighted by Gasteiger charge is 2.24. The Hall–Kier alpha value is -1.04. The van der Waals surface area contributed by atoms with Gasteiger partial charge < -0.3 is 10.1 Å². The molecule has 20 heavy (non-hydrogen) atoms. The highest BCUT2D eigenvalue weighted by Crippen LogP contribution is 2.41. The van der Waals surface area contributed by atoms with Crippen LogP contribution in [0.3, 0.4) is 0 Å². The Balaban J connectivity index is 1.75. The molecule has 2 unspecified atom stereocenters. The van der Waals surface area contributed by atoms with E-state index in [2.05, 4.69) is 36.3 Å². The van der Waals surface area contributed by atoms with Gasteiger partial charge >= 0.3 is 0 Å². The van der Waals surface area contributed by atoms with Gasteiger partial charge in [-0.25, -0.2) is 4.98 Å². The minimum atomic E-state index is 0.0717. The Morgan fingerprint density at radius 1 is 1.45 bits per heavy atom. The van der Waals surface area contributed by atoms with Crippen molar-refractivity contribution in [2.45, 2.75) is 30.9 Å². The maximum absolute atomic E-state index is 6.08. The van der Waals surface area contributed by atoms with Crippen molar-refractivity contribution in [1.82, 2.24) is 10.3 Å². The quantitative estimate of drug-likeness (QED) is 0.924. The maximum Gasteiger partial charge on any atom is 0.159 e. The number of hydrogen-bond acceptors (Lipinski definition) is 5. The number of rotatable bonds is 4. The van der Waals surface area contributed by atoms with Gasteiger partial charge in [0, 0.05) is 27.8 Å². The zero-order valence-electron chi connectivity index (χ0n) is 11.6. The summed E-state index contributed by atoms with van der Waals surface area (Å²) in [5, 5.41) is 4.49. The summed E-state index contributed by atoms with van der Waals surface area (Å²) in [7, 11) is 0. The molecule has 0 saturated carbocycles. The van der Waals surface area contributed by atoms with E-state index < -0.39 is 0 Å². The van der Waals surface area contributed by atoms with Crippen LogP contribution in [0.4, 0.5) is 0 Å². The predicted octanol–water partition coefficient (Wildman–Crippen LogP) is 4.04. The van der Waals surface area contributed by atoms with Gasteiger partial charge in [0.1, 0.15) is 10.8 Å². The van der Waals surface area contributed by atoms with Crippen LogP contribution >= 0.6 is 23.1 Å². The van der Waals surface area contributed by atoms with Gasteiger partial charge in [0.2, 0.25) is 0 Å². The Bertz CT molecular complexity index is 585. The summed E-state index contributed by atoms with van der Waals surface area (Å²) in [4.78, 5) is 7.05. The largest absolute Gasteiger partial charge is 0.481 e. The van der Waals surface area contributed by atoms with E-state index in [-0.39, 0.29) is 6.10 Å². The number of fused-ring (bicyclic) bond motifs is 1. The third kappa shape index (κ3) is 2.85. The number of nitrogens with zero attached hydrogens (tertiary/aromatic N) is 1. The van der Waals surface area contributed by atoms with E-state index in [1.807, 2.05) is 30.1 Å². The van der Waals surface area contributed by atoms with Crippen molar-refractivity contribution in [2.24, 2.45) is 0 Å². The molecule has 1 aliphatic rings. The number of aromatic nitrogens is 1. The van der Waals surface area contributed by atoms with Crippen molar-refractivity contribution in [3.05, 3.63) is 40.3 Å². The summed E-state index contributed by atoms with van der Waals surface area (Å²) in [6.45, 7) is 5.26. The standard InChI is InChI=1S/C15H18N2OS2/c1-3-16-10(2)14-8-17-15(20-14)12-9-19-13-7-5-4-6-11(13)18-12/h4-8,10,12,16H,3,9H2,1-2H3. The summed E-state index contributed by atoms with van der Waals surface area (Å²) >= 11 is 3.60. The Labute approximate surface area is 127 Å². The number of para-hydroxylation sites is 1. The van der Waals surface area contributed by atoms with E-state index in [0.29, 0.717) is 6.04 Å². The molecule has 0 spiro atoms. The zero-order valence-corrected chi connectivity index (χ0v) is 13.3. The fourth-order valence-corrected chi connectivity index (χ4v) is 4.27. The van der Waals surface area contributed by atoms with E-state index in [9.17, 15) is 0 Å². The first-order valence-corrected chi connectivity index (χ1v) is 8.65. The maximum atomic E-state index is 6.08. The first-order valence-electron chi connectivity index (χ1n) is 6.85. The van der Waals surface area contributed by atoms with Crippen molar-refractivity contribution in [3.8, 4) is 5.75 Å². The van der Waals surface area contributed by atoms with E-state index >= 15 is 0 Å². The van der Waals surface area contributed by atoms with Gasteiger partial charge in [-0.3, -0.25) is 0 Å². The second-order valence-corrected chi connectivity index (χ2v) is 6.90. The number of ether oxygens (including phenoxy) is 1. The lowest BCUT2D eigenvalue weighted by molar-refractivity contribution is 0.220. The van der Waals surface area contributed by atoms with E-state index in [1.165, 1.54) is 9.77 Å². The molecule has 0 fully saturated rings. The minimum absolute atomic E-state index is 0.0717. The first-order chi connectivity index (χ1) is 9.78. The topological polar surface area (TPSA) is 34.2 Å². The zero-order chi connectivity index (χ0) is 13.9. The molecule has 2 aromatic rings. The van der Waals surface area contributed by atoms with E-state index in [4.69, 9.17) is 4.74 Å². The molecular formula is C15H18N2OS2. The molecular weight excluding hydrogens is 288 g/mol. The van der Waals surface area contributed by atoms with Crippen LogP contribution in [0.15, 0.2) is 35.4 Å². The first kappa shape index (κ1) is 13.9. The van der Waals surface area contributed by atoms with Gasteiger partial charge in [-0.05, 0) is 25.6 Å². The van der Waals surface area contributed by atoms with Gasteiger partial charge in [-0.2, -0.15) is 0 Å². The summed E-state index contributed by atoms with van der Waals surface area (Å²) in [5.41, 5.74) is 0. The number of benzene rings is 1. The molecule has 3 nitrogen and oxygen atoms in total. The van der Waals surface area contributed by atoms with Gasteiger partial charge in [0.05, 0.1) is 0 Å². The van der Waals surface area contributed by atoms with Crippen LogP contribution in [0.1, 0.15) is 35.9 Å². The molecule has 2 heterocycles. The van der Waals surface area contributed by atoms with Crippen molar-refractivity contribution in [1.29, 1.82) is 0 Å². The molecule has 0 radical (unpaired) electrons. The molecule has 2 atom stereocenters. The van der Waals surface area contributed by atoms with Gasteiger partial charge in [0.25, 0.3) is 0 Å². The molecule has 0 aliphatic carbocycles. The van der Waals surface area contributed by atoms with Crippen LogP contribution in [-0.2, 0) is 0 Å². The SMILES string of the molecule is CCNC(C)c1cnc(C2CSc3ccccc3O2)s1. The number of thiazole rings is 1. The van der Waals surface area contributed by atoms with Gasteiger partial charge in [-0.15, -0.1) is 23.1 Å². The van der Waals surface area contributed by atoms with Crippen LogP contribution in [-0.4, -0.2) is 17.3 Å². The smallest absolute Gasteiger partial charge is 0.159 e. The molecule has 0 amide bonds. The molecule has 0 bridgehead atoms. The number of thioether (sulfide) groups is 1. The summed E-state index contributed by atoms with van der Waals surface area (Å²) in [6.07, 6.45) is 2.05. The van der Waals surface area contributed by atoms with Crippen molar-refractivity contribution >= 4 is 23.1 Å². The molecule has 1 N–H and O–H groups in total. The molecule has 1 aliphatic heterocycles. The summed E-state index contributed by atoms with van der Waals surface area (Å²) in [5.74, 6) is 1.91. The molecule has 106 valence electrons. The van der Waals surface area contributed by atoms with Crippen LogP contribution in [0.25, 0.3) is 0 Å². The van der Waals surface area contributed by atoms with Crippen LogP contribution in [0, 0.1) is 0 Å². The Morgan fingerprint density at radius 2 is 2.30 bits per heavy atom. The Kier molecular flexibility index (Phi) is 4.29. The van der Waals surface area contributed by atoms with Gasteiger partial charge in [-0.1, -0.05) is 19.1 Å². The summed E-state index contributed by atoms with van der Waals surface area (Å²) < 4.78 is 6.08. The highest BCUT2D eigenvalue weighted by molar-refractivity contribution is 7.99. The third-order valence-electron chi connectivity index (χ3n) is 3.26. The van der Waals surface area contributed by atoms with Gasteiger partial charge in [0.15, 0.2) is 6.10 Å². The van der Waals surface area contributed by atoms with Crippen molar-refractivity contribution in [2.75, 3.05) is 12.3 Å². The summed E-state index contributed by atoms with van der Waals surface area (Å²) in [6, 6.07) is 8.56. The number of hydrogen-bond donors (Lipinski definition) is 1. The average molecular weight is 306 g/mol. The molecule has 0 saturated heterocycles. The predicted molar refractivity (Wildman–Crippen MR) is 84.7 cm³/mol. The average Bonchev–Trinajstić information content (AvgIpc) is 2.97. The van der Waals surface area contributed by atoms with Crippen molar-refractivity contribution in [3.63, 3.8) is 0 Å². The second kappa shape index (κ2) is 6.16. The van der Waals surface area contributed by atoms with Crippen molar-refractivity contribution < 1.29 is 4.74 Å². The second-order valence-electron chi connectivity index (χ2n) is 4.74. The minimum Gasteiger partial charge on any atom is -0.481 e. The fourth-order valence-electron chi connectivity index (χ4n) is 2.20. The number of nitrogens with one attached hydrogen (secondary N) is 1. The van der Waals surface area contributed by atoms with Crippen LogP contribution in [0.2, 0.25) is 0 Å². The molecule has 1 aromatic carbocycles. The molecule has 3 rings (SSSR count). The lowest BCUT2D eigenvalue weighted by Gasteiger charge is -2.23. The lowest BCUT2D eigenvalue weighted by atomic mass is 10.3. The molecule has 1 aromatic heterocycles. The van der Waals surface area contributed by atoms with Crippen LogP contribution in [0.5, 0.6) is 5.75 Å². The molecule has 5 heteroatoms. The third-order valence-corrected chi connectivity index (χ3v) is 5.65. The monoisotopic (exact) mass is 306 g/mol. The fraction of sp³-hybridized carbons (Fsp3) is 0.400. The lowest BCUT2D eigenvalue weighted by Crippen LogP contribution is -2.16. The highest BCUT2D eigenvalue weighted by atomic mass is 32.2.